The summed E-state index contributed by atoms with van der Waals surface area (Å²) in [6, 6.07) is 5.45. The second kappa shape index (κ2) is 8.50. The lowest BCUT2D eigenvalue weighted by atomic mass is 9.92. The number of carbonyl (C=O) groups excluding carboxylic acids is 2. The van der Waals surface area contributed by atoms with Crippen molar-refractivity contribution in [1.82, 2.24) is 4.90 Å². The molecule has 1 aliphatic rings. The van der Waals surface area contributed by atoms with E-state index in [2.05, 4.69) is 10.2 Å². The molecule has 1 heterocycles. The van der Waals surface area contributed by atoms with Crippen LogP contribution in [0.25, 0.3) is 0 Å². The lowest BCUT2D eigenvalue weighted by Gasteiger charge is -2.37. The molecule has 1 aromatic carbocycles. The Kier molecular flexibility index (Phi) is 6.38. The van der Waals surface area contributed by atoms with Gasteiger partial charge in [-0.15, -0.1) is 0 Å². The van der Waals surface area contributed by atoms with E-state index in [1.807, 2.05) is 19.9 Å². The molecule has 2 atom stereocenters. The Morgan fingerprint density at radius 1 is 1.40 bits per heavy atom. The molecule has 1 aliphatic heterocycles. The summed E-state index contributed by atoms with van der Waals surface area (Å²) in [5, 5.41) is 15.0. The molecule has 0 unspecified atom stereocenters. The van der Waals surface area contributed by atoms with Crippen LogP contribution < -0.4 is 0 Å². The van der Waals surface area contributed by atoms with Gasteiger partial charge >= 0.3 is 5.97 Å². The fourth-order valence-electron chi connectivity index (χ4n) is 2.97. The first-order chi connectivity index (χ1) is 12.0. The Labute approximate surface area is 147 Å². The molecule has 1 N–H and O–H groups in total. The number of amides is 1. The molecule has 2 rings (SSSR count). The summed E-state index contributed by atoms with van der Waals surface area (Å²) >= 11 is 0. The second-order valence-corrected chi connectivity index (χ2v) is 6.25. The number of piperidine rings is 1. The molecule has 0 bridgehead atoms. The number of azo groups is 1. The zero-order chi connectivity index (χ0) is 18.4. The van der Waals surface area contributed by atoms with E-state index in [4.69, 9.17) is 10.1 Å². The van der Waals surface area contributed by atoms with E-state index >= 15 is 0 Å². The minimum atomic E-state index is -0.294. The molecule has 7 heteroatoms. The molecule has 1 fully saturated rings. The number of nitrogens with one attached hydrogen (secondary N) is 1. The standard InChI is InChI=1S/C18H24N4O3/c1-12-4-7-16(21-20-9-8-19)15(10-12)17(23)22-11-14(18(24)25-3)6-5-13(22)2/h4,7-8,10,13-14,19H,5-6,9,11H2,1-3H3/t13-,14-/m1/s1. The summed E-state index contributed by atoms with van der Waals surface area (Å²) in [5.74, 6) is -0.730. The van der Waals surface area contributed by atoms with Gasteiger partial charge < -0.3 is 15.0 Å². The molecular formula is C18H24N4O3. The van der Waals surface area contributed by atoms with Gasteiger partial charge in [-0.25, -0.2) is 0 Å². The van der Waals surface area contributed by atoms with Crippen LogP contribution in [0.15, 0.2) is 28.4 Å². The quantitative estimate of drug-likeness (QED) is 0.505. The molecule has 1 aromatic rings. The van der Waals surface area contributed by atoms with Crippen molar-refractivity contribution in [2.24, 2.45) is 16.1 Å². The molecule has 0 spiro atoms. The maximum atomic E-state index is 13.1. The second-order valence-electron chi connectivity index (χ2n) is 6.25. The number of hydrogen-bond acceptors (Lipinski definition) is 6. The lowest BCUT2D eigenvalue weighted by molar-refractivity contribution is -0.147. The lowest BCUT2D eigenvalue weighted by Crippen LogP contribution is -2.47. The van der Waals surface area contributed by atoms with Gasteiger partial charge in [0.05, 0.1) is 30.8 Å². The maximum Gasteiger partial charge on any atom is 0.310 e. The summed E-state index contributed by atoms with van der Waals surface area (Å²) in [5.41, 5.74) is 1.89. The smallest absolute Gasteiger partial charge is 0.310 e. The largest absolute Gasteiger partial charge is 0.469 e. The molecule has 1 saturated heterocycles. The molecular weight excluding hydrogens is 320 g/mol. The third-order valence-electron chi connectivity index (χ3n) is 4.41. The third kappa shape index (κ3) is 4.49. The molecule has 134 valence electrons. The molecule has 7 nitrogen and oxygen atoms in total. The van der Waals surface area contributed by atoms with E-state index < -0.39 is 0 Å². The van der Waals surface area contributed by atoms with Crippen LogP contribution in [0, 0.1) is 18.3 Å². The number of hydrogen-bond donors (Lipinski definition) is 1. The van der Waals surface area contributed by atoms with Gasteiger partial charge in [0.25, 0.3) is 5.91 Å². The van der Waals surface area contributed by atoms with Crippen LogP contribution in [-0.2, 0) is 9.53 Å². The monoisotopic (exact) mass is 344 g/mol. The number of esters is 1. The Morgan fingerprint density at radius 2 is 2.16 bits per heavy atom. The van der Waals surface area contributed by atoms with Crippen molar-refractivity contribution in [3.63, 3.8) is 0 Å². The van der Waals surface area contributed by atoms with Crippen LogP contribution in [0.1, 0.15) is 35.7 Å². The van der Waals surface area contributed by atoms with E-state index in [0.29, 0.717) is 17.8 Å². The first kappa shape index (κ1) is 18.8. The minimum absolute atomic E-state index is 0.0419. The van der Waals surface area contributed by atoms with Gasteiger partial charge in [-0.3, -0.25) is 9.59 Å². The van der Waals surface area contributed by atoms with Crippen molar-refractivity contribution in [3.05, 3.63) is 29.3 Å². The van der Waals surface area contributed by atoms with Crippen LogP contribution >= 0.6 is 0 Å². The highest BCUT2D eigenvalue weighted by Gasteiger charge is 2.34. The van der Waals surface area contributed by atoms with Crippen molar-refractivity contribution < 1.29 is 14.3 Å². The number of likely N-dealkylation sites (tertiary alicyclic amines) is 1. The van der Waals surface area contributed by atoms with Crippen LogP contribution in [0.4, 0.5) is 5.69 Å². The molecule has 0 radical (unpaired) electrons. The summed E-state index contributed by atoms with van der Waals surface area (Å²) in [7, 11) is 1.37. The number of nitrogens with zero attached hydrogens (tertiary/aromatic N) is 3. The van der Waals surface area contributed by atoms with Crippen LogP contribution in [0.5, 0.6) is 0 Å². The summed E-state index contributed by atoms with van der Waals surface area (Å²) < 4.78 is 4.84. The Balaban J connectivity index is 2.30. The van der Waals surface area contributed by atoms with Gasteiger partial charge in [-0.1, -0.05) is 11.6 Å². The molecule has 25 heavy (non-hydrogen) atoms. The van der Waals surface area contributed by atoms with Crippen molar-refractivity contribution >= 4 is 23.8 Å². The normalized spacial score (nSPS) is 20.5. The number of benzene rings is 1. The van der Waals surface area contributed by atoms with Crippen molar-refractivity contribution in [2.45, 2.75) is 32.7 Å². The van der Waals surface area contributed by atoms with E-state index in [-0.39, 0.29) is 30.4 Å². The zero-order valence-electron chi connectivity index (χ0n) is 14.9. The highest BCUT2D eigenvalue weighted by atomic mass is 16.5. The van der Waals surface area contributed by atoms with Crippen molar-refractivity contribution in [3.8, 4) is 0 Å². The predicted molar refractivity (Wildman–Crippen MR) is 94.6 cm³/mol. The summed E-state index contributed by atoms with van der Waals surface area (Å²) in [6.07, 6.45) is 2.62. The average molecular weight is 344 g/mol. The highest BCUT2D eigenvalue weighted by Crippen LogP contribution is 2.28. The number of rotatable bonds is 5. The Morgan fingerprint density at radius 3 is 2.84 bits per heavy atom. The zero-order valence-corrected chi connectivity index (χ0v) is 14.9. The molecule has 1 amide bonds. The number of ether oxygens (including phenoxy) is 1. The first-order valence-corrected chi connectivity index (χ1v) is 8.33. The highest BCUT2D eigenvalue weighted by molar-refractivity contribution is 5.99. The number of aryl methyl sites for hydroxylation is 1. The molecule has 0 aliphatic carbocycles. The van der Waals surface area contributed by atoms with Crippen LogP contribution in [0.2, 0.25) is 0 Å². The fourth-order valence-corrected chi connectivity index (χ4v) is 2.97. The van der Waals surface area contributed by atoms with Crippen molar-refractivity contribution in [1.29, 1.82) is 5.41 Å². The molecule has 0 saturated carbocycles. The van der Waals surface area contributed by atoms with Crippen LogP contribution in [0.3, 0.4) is 0 Å². The number of carbonyl (C=O) groups is 2. The van der Waals surface area contributed by atoms with E-state index in [1.54, 1.807) is 17.0 Å². The van der Waals surface area contributed by atoms with E-state index in [9.17, 15) is 9.59 Å². The third-order valence-corrected chi connectivity index (χ3v) is 4.41. The van der Waals surface area contributed by atoms with Gasteiger partial charge in [0.1, 0.15) is 0 Å². The summed E-state index contributed by atoms with van der Waals surface area (Å²) in [6.45, 7) is 4.41. The van der Waals surface area contributed by atoms with Crippen LogP contribution in [-0.4, -0.2) is 49.2 Å². The topological polar surface area (TPSA) is 95.2 Å². The van der Waals surface area contributed by atoms with Gasteiger partial charge in [-0.05, 0) is 38.8 Å². The van der Waals surface area contributed by atoms with E-state index in [1.165, 1.54) is 7.11 Å². The maximum absolute atomic E-state index is 13.1. The van der Waals surface area contributed by atoms with Gasteiger partial charge in [-0.2, -0.15) is 10.2 Å². The summed E-state index contributed by atoms with van der Waals surface area (Å²) in [4.78, 5) is 26.7. The first-order valence-electron chi connectivity index (χ1n) is 8.33. The van der Waals surface area contributed by atoms with Gasteiger partial charge in [0.2, 0.25) is 0 Å². The molecule has 0 aromatic heterocycles. The predicted octanol–water partition coefficient (Wildman–Crippen LogP) is 3.14. The fraction of sp³-hybridized carbons (Fsp3) is 0.500. The Hall–Kier alpha value is -2.57. The Bertz CT molecular complexity index is 687. The SMILES string of the molecule is COC(=O)[C@@H]1CC[C@@H](C)N(C(=O)c2cc(C)ccc2N=NCC=N)C1. The van der Waals surface area contributed by atoms with Crippen molar-refractivity contribution in [2.75, 3.05) is 20.2 Å². The van der Waals surface area contributed by atoms with Gasteiger partial charge in [0.15, 0.2) is 0 Å². The minimum Gasteiger partial charge on any atom is -0.469 e. The van der Waals surface area contributed by atoms with Gasteiger partial charge in [0, 0.05) is 18.8 Å². The average Bonchev–Trinajstić information content (AvgIpc) is 2.62. The van der Waals surface area contributed by atoms with E-state index in [0.717, 1.165) is 24.6 Å². The number of methoxy groups -OCH3 is 1.